The minimum absolute atomic E-state index is 0. The van der Waals surface area contributed by atoms with E-state index in [9.17, 15) is 9.18 Å². The summed E-state index contributed by atoms with van der Waals surface area (Å²) < 4.78 is 34.4. The molecule has 6 nitrogen and oxygen atoms in total. The second-order valence-corrected chi connectivity index (χ2v) is 9.41. The van der Waals surface area contributed by atoms with Gasteiger partial charge in [-0.05, 0) is 54.4 Å². The van der Waals surface area contributed by atoms with E-state index in [4.69, 9.17) is 18.9 Å². The quantitative estimate of drug-likeness (QED) is 0.420. The lowest BCUT2D eigenvalue weighted by Crippen LogP contribution is -2.49. The van der Waals surface area contributed by atoms with Gasteiger partial charge < -0.3 is 18.9 Å². The predicted molar refractivity (Wildman–Crippen MR) is 148 cm³/mol. The Kier molecular flexibility index (Phi) is 14.1. The molecule has 0 amide bonds. The molecule has 0 bridgehead atoms. The molecule has 1 fully saturated rings. The number of piperidine rings is 1. The van der Waals surface area contributed by atoms with Crippen LogP contribution in [-0.2, 0) is 15.9 Å². The van der Waals surface area contributed by atoms with Crippen LogP contribution in [0.5, 0.6) is 11.5 Å². The third-order valence-corrected chi connectivity index (χ3v) is 6.94. The molecule has 0 radical (unpaired) electrons. The maximum Gasteiger partial charge on any atom is 0.508 e. The van der Waals surface area contributed by atoms with E-state index in [1.54, 1.807) is 14.2 Å². The van der Waals surface area contributed by atoms with Crippen molar-refractivity contribution in [1.29, 1.82) is 0 Å². The maximum atomic E-state index is 12.9. The van der Waals surface area contributed by atoms with Gasteiger partial charge in [0.25, 0.3) is 0 Å². The molecule has 3 rings (SSSR count). The first-order chi connectivity index (χ1) is 14.8. The van der Waals surface area contributed by atoms with Crippen molar-refractivity contribution in [2.75, 3.05) is 41.1 Å². The molecule has 1 aromatic carbocycles. The summed E-state index contributed by atoms with van der Waals surface area (Å²) in [7, 11) is 4.63. The fourth-order valence-electron chi connectivity index (χ4n) is 4.96. The number of carbonyl (C=O) groups is 1. The van der Waals surface area contributed by atoms with Crippen molar-refractivity contribution >= 4 is 46.6 Å². The Labute approximate surface area is 224 Å². The van der Waals surface area contributed by atoms with Crippen molar-refractivity contribution in [3.05, 3.63) is 23.3 Å². The zero-order valence-electron chi connectivity index (χ0n) is 20.9. The number of rotatable bonds is 8. The van der Waals surface area contributed by atoms with Crippen molar-refractivity contribution in [2.24, 2.45) is 11.3 Å². The average Bonchev–Trinajstić information content (AvgIpc) is 2.76. The number of alkyl halides is 1. The Morgan fingerprint density at radius 3 is 2.32 bits per heavy atom. The summed E-state index contributed by atoms with van der Waals surface area (Å²) in [4.78, 5) is 14.5. The number of ether oxygens (including phenoxy) is 4. The van der Waals surface area contributed by atoms with Crippen molar-refractivity contribution in [3.8, 4) is 11.5 Å². The van der Waals surface area contributed by atoms with Gasteiger partial charge in [-0.3, -0.25) is 9.29 Å². The Bertz CT molecular complexity index is 783. The highest BCUT2D eigenvalue weighted by Crippen LogP contribution is 2.45. The molecular formula is C24H42FNO5S3. The lowest BCUT2D eigenvalue weighted by atomic mass is 9.76. The van der Waals surface area contributed by atoms with Gasteiger partial charge in [-0.15, -0.1) is 0 Å². The molecule has 0 aromatic heterocycles. The Hall–Kier alpha value is -0.970. The van der Waals surface area contributed by atoms with E-state index in [0.717, 1.165) is 38.1 Å². The fourth-order valence-corrected chi connectivity index (χ4v) is 4.96. The van der Waals surface area contributed by atoms with Crippen LogP contribution < -0.4 is 9.47 Å². The second-order valence-electron chi connectivity index (χ2n) is 9.41. The van der Waals surface area contributed by atoms with Gasteiger partial charge in [-0.1, -0.05) is 13.8 Å². The van der Waals surface area contributed by atoms with Crippen LogP contribution >= 0.6 is 40.5 Å². The number of methoxy groups -OCH3 is 3. The van der Waals surface area contributed by atoms with Gasteiger partial charge >= 0.3 is 6.16 Å². The van der Waals surface area contributed by atoms with Gasteiger partial charge in [0.1, 0.15) is 6.10 Å². The molecule has 2 aliphatic rings. The first kappa shape index (κ1) is 33.0. The van der Waals surface area contributed by atoms with Crippen molar-refractivity contribution in [3.63, 3.8) is 0 Å². The number of hydrogen-bond donors (Lipinski definition) is 0. The van der Waals surface area contributed by atoms with Gasteiger partial charge in [0.05, 0.1) is 28.0 Å². The van der Waals surface area contributed by atoms with E-state index >= 15 is 0 Å². The third-order valence-electron chi connectivity index (χ3n) is 6.94. The zero-order chi connectivity index (χ0) is 22.6. The maximum absolute atomic E-state index is 12.9. The van der Waals surface area contributed by atoms with Crippen molar-refractivity contribution in [2.45, 2.75) is 58.1 Å². The molecule has 1 aromatic rings. The fraction of sp³-hybridized carbons (Fsp3) is 0.708. The first-order valence-corrected chi connectivity index (χ1v) is 11.1. The number of halogens is 1. The largest absolute Gasteiger partial charge is 0.508 e. The lowest BCUT2D eigenvalue weighted by Gasteiger charge is -2.47. The molecule has 0 spiro atoms. The van der Waals surface area contributed by atoms with E-state index in [-0.39, 0.29) is 70.6 Å². The molecule has 3 atom stereocenters. The molecule has 0 saturated carbocycles. The van der Waals surface area contributed by atoms with Crippen LogP contribution in [0, 0.1) is 11.3 Å². The summed E-state index contributed by atoms with van der Waals surface area (Å²) in [6.07, 6.45) is 3.08. The Balaban J connectivity index is 0.00000363. The van der Waals surface area contributed by atoms with Crippen LogP contribution in [0.25, 0.3) is 0 Å². The van der Waals surface area contributed by atoms with Crippen LogP contribution in [0.15, 0.2) is 12.1 Å². The standard InChI is InChI=1S/C24H36FNO5.3H2S/c1-24(2,9-10-25)8-6-17-15-26-11-7-16-12-21(28-3)22(29-4)13-18(16)19(26)14-20(17)31-23(27)30-5;;;/h12-13,17,19-20H,6-11,14-15H2,1-5H3;3*1H2/t17-,19-,20-;;;/m0.../s1/i25-1;;;. The number of hydrogen-bond acceptors (Lipinski definition) is 6. The van der Waals surface area contributed by atoms with Crippen LogP contribution in [0.2, 0.25) is 0 Å². The molecule has 0 aliphatic carbocycles. The van der Waals surface area contributed by atoms with E-state index in [0.29, 0.717) is 18.6 Å². The van der Waals surface area contributed by atoms with Gasteiger partial charge in [-0.25, -0.2) is 4.79 Å². The summed E-state index contributed by atoms with van der Waals surface area (Å²) in [5.74, 6) is 1.64. The minimum atomic E-state index is -0.644. The van der Waals surface area contributed by atoms with E-state index in [1.165, 1.54) is 18.2 Å². The Morgan fingerprint density at radius 1 is 1.09 bits per heavy atom. The van der Waals surface area contributed by atoms with Crippen LogP contribution in [0.4, 0.5) is 9.18 Å². The van der Waals surface area contributed by atoms with Gasteiger partial charge in [0.2, 0.25) is 0 Å². The Morgan fingerprint density at radius 2 is 1.74 bits per heavy atom. The molecule has 0 N–H and O–H groups in total. The second kappa shape index (κ2) is 14.6. The summed E-state index contributed by atoms with van der Waals surface area (Å²) >= 11 is 0. The number of carbonyl (C=O) groups excluding carboxylic acids is 1. The van der Waals surface area contributed by atoms with E-state index < -0.39 is 6.16 Å². The number of fused-ring (bicyclic) bond motifs is 3. The summed E-state index contributed by atoms with van der Waals surface area (Å²) in [5, 5.41) is 0. The highest BCUT2D eigenvalue weighted by atomic mass is 32.1. The first-order valence-electron chi connectivity index (χ1n) is 11.1. The van der Waals surface area contributed by atoms with Crippen LogP contribution in [0.1, 0.15) is 56.7 Å². The molecular weight excluding hydrogens is 496 g/mol. The third kappa shape index (κ3) is 7.77. The van der Waals surface area contributed by atoms with Crippen LogP contribution in [-0.4, -0.2) is 58.3 Å². The van der Waals surface area contributed by atoms with Crippen molar-refractivity contribution < 1.29 is 28.1 Å². The molecule has 2 aliphatic heterocycles. The molecule has 198 valence electrons. The summed E-state index contributed by atoms with van der Waals surface area (Å²) in [6.45, 7) is 5.68. The molecule has 1 saturated heterocycles. The lowest BCUT2D eigenvalue weighted by molar-refractivity contribution is -0.0490. The highest BCUT2D eigenvalue weighted by molar-refractivity contribution is 7.59. The SMILES string of the molecule is COC(=O)O[C@H]1C[C@H]2c3cc(OC)c(OC)cc3CCN2C[C@@H]1CCC(C)(C)CC[18F].S.S.S. The minimum Gasteiger partial charge on any atom is -0.493 e. The number of benzene rings is 1. The van der Waals surface area contributed by atoms with E-state index in [1.807, 2.05) is 0 Å². The molecule has 2 heterocycles. The summed E-state index contributed by atoms with van der Waals surface area (Å²) in [5.41, 5.74) is 2.39. The van der Waals surface area contributed by atoms with E-state index in [2.05, 4.69) is 30.9 Å². The highest BCUT2D eigenvalue weighted by Gasteiger charge is 2.41. The van der Waals surface area contributed by atoms with Crippen molar-refractivity contribution in [1.82, 2.24) is 4.90 Å². The smallest absolute Gasteiger partial charge is 0.493 e. The topological polar surface area (TPSA) is 57.2 Å². The summed E-state index contributed by atoms with van der Waals surface area (Å²) in [6, 6.07) is 4.27. The normalized spacial score (nSPS) is 21.4. The van der Waals surface area contributed by atoms with Gasteiger partial charge in [0, 0.05) is 31.5 Å². The van der Waals surface area contributed by atoms with Crippen LogP contribution in [0.3, 0.4) is 0 Å². The average molecular weight is 539 g/mol. The molecule has 0 unspecified atom stereocenters. The van der Waals surface area contributed by atoms with Gasteiger partial charge in [0.15, 0.2) is 11.5 Å². The van der Waals surface area contributed by atoms with Gasteiger partial charge in [-0.2, -0.15) is 40.5 Å². The predicted octanol–water partition coefficient (Wildman–Crippen LogP) is 5.28. The molecule has 34 heavy (non-hydrogen) atoms. The monoisotopic (exact) mass is 538 g/mol. The number of nitrogens with zero attached hydrogens (tertiary/aromatic N) is 1. The molecule has 10 heteroatoms. The zero-order valence-corrected chi connectivity index (χ0v) is 23.9.